The summed E-state index contributed by atoms with van der Waals surface area (Å²) in [4.78, 5) is 9.16. The van der Waals surface area contributed by atoms with Gasteiger partial charge in [0.1, 0.15) is 23.1 Å². The number of nitrogen functional groups attached to an aromatic ring is 2. The van der Waals surface area contributed by atoms with Gasteiger partial charge in [0, 0.05) is 33.3 Å². The minimum Gasteiger partial charge on any atom is -0.496 e. The van der Waals surface area contributed by atoms with Crippen molar-refractivity contribution < 1.29 is 28.8 Å². The number of anilines is 2. The van der Waals surface area contributed by atoms with Crippen molar-refractivity contribution in [2.75, 3.05) is 25.7 Å². The largest absolute Gasteiger partial charge is 0.496 e. The highest BCUT2D eigenvalue weighted by Crippen LogP contribution is 2.42. The van der Waals surface area contributed by atoms with Crippen LogP contribution in [0.2, 0.25) is 0 Å². The Kier molecular flexibility index (Phi) is 9.12. The zero-order valence-corrected chi connectivity index (χ0v) is 30.2. The highest BCUT2D eigenvalue weighted by molar-refractivity contribution is 6.62. The van der Waals surface area contributed by atoms with E-state index < -0.39 is 25.4 Å². The quantitative estimate of drug-likeness (QED) is 0.148. The molecule has 0 radical (unpaired) electrons. The molecule has 1 saturated heterocycles. The van der Waals surface area contributed by atoms with Gasteiger partial charge < -0.3 is 40.3 Å². The number of ether oxygens (including phenoxy) is 2. The van der Waals surface area contributed by atoms with Crippen LogP contribution in [-0.4, -0.2) is 59.7 Å². The van der Waals surface area contributed by atoms with Gasteiger partial charge in [-0.25, -0.2) is 9.97 Å². The van der Waals surface area contributed by atoms with Crippen LogP contribution < -0.4 is 31.9 Å². The second-order valence-electron chi connectivity index (χ2n) is 14.1. The molecule has 10 nitrogen and oxygen atoms in total. The summed E-state index contributed by atoms with van der Waals surface area (Å²) >= 11 is 0. The normalized spacial score (nSPS) is 16.8. The Morgan fingerprint density at radius 1 is 0.731 bits per heavy atom. The summed E-state index contributed by atoms with van der Waals surface area (Å²) in [5.41, 5.74) is 17.8. The number of benzene rings is 4. The van der Waals surface area contributed by atoms with Gasteiger partial charge in [-0.2, -0.15) is 0 Å². The Hall–Kier alpha value is -5.13. The number of hydrogen-bond donors (Lipinski definition) is 4. The van der Waals surface area contributed by atoms with Crippen LogP contribution in [0.5, 0.6) is 11.5 Å². The fraction of sp³-hybridized carbons (Fsp3) is 0.250. The maximum Gasteiger partial charge on any atom is 0.494 e. The summed E-state index contributed by atoms with van der Waals surface area (Å²) in [5, 5.41) is 23.2. The van der Waals surface area contributed by atoms with Crippen molar-refractivity contribution in [3.63, 3.8) is 0 Å². The Morgan fingerprint density at radius 3 is 1.96 bits per heavy atom. The maximum atomic E-state index is 9.78. The summed E-state index contributed by atoms with van der Waals surface area (Å²) in [6, 6.07) is 27.1. The standard InChI is InChI=1S/C40H42B2N4O6/c1-23-17-26-18-24(7-11-31(26)37(43)45-23)34-22-29(10-14-36(34)50-6)42-51-39(2,3)40(4,52-42)16-15-30-20-27-19-25(8-12-32(27)38(44)46-30)33-21-28(41(47)48)9-13-35(33)49-5/h7-14,17-22,47-48H,15-16H2,1-6H3,(H2,43,45)(H2,44,46). The zero-order valence-electron chi connectivity index (χ0n) is 30.2. The molecule has 4 aromatic carbocycles. The minimum atomic E-state index is -1.59. The third-order valence-electron chi connectivity index (χ3n) is 10.4. The SMILES string of the molecule is COc1ccc(B(O)O)cc1-c1ccc2c(N)nc(CCC3(C)OB(c4ccc(OC)c(-c5ccc6c(N)nc(C)cc6c5)c4)OC3(C)C)cc2c1. The average molecular weight is 696 g/mol. The third-order valence-corrected chi connectivity index (χ3v) is 10.4. The van der Waals surface area contributed by atoms with Crippen molar-refractivity contribution in [3.8, 4) is 33.8 Å². The van der Waals surface area contributed by atoms with Gasteiger partial charge in [-0.05, 0) is 110 Å². The Labute approximate surface area is 304 Å². The molecule has 1 unspecified atom stereocenters. The molecule has 1 atom stereocenters. The fourth-order valence-corrected chi connectivity index (χ4v) is 7.09. The van der Waals surface area contributed by atoms with Gasteiger partial charge in [0.05, 0.1) is 25.4 Å². The van der Waals surface area contributed by atoms with E-state index in [-0.39, 0.29) is 0 Å². The third kappa shape index (κ3) is 6.43. The van der Waals surface area contributed by atoms with E-state index in [0.29, 0.717) is 35.7 Å². The molecule has 3 heterocycles. The van der Waals surface area contributed by atoms with E-state index in [1.54, 1.807) is 32.4 Å². The molecule has 2 aromatic heterocycles. The van der Waals surface area contributed by atoms with E-state index in [2.05, 4.69) is 37.9 Å². The molecule has 0 bridgehead atoms. The van der Waals surface area contributed by atoms with Crippen LogP contribution in [0.4, 0.5) is 11.6 Å². The second-order valence-corrected chi connectivity index (χ2v) is 14.1. The van der Waals surface area contributed by atoms with Crippen molar-refractivity contribution in [2.24, 2.45) is 0 Å². The Bertz CT molecular complexity index is 2340. The van der Waals surface area contributed by atoms with Gasteiger partial charge in [-0.1, -0.05) is 48.5 Å². The minimum absolute atomic E-state index is 0.372. The van der Waals surface area contributed by atoms with Crippen LogP contribution in [0.3, 0.4) is 0 Å². The number of aryl methyl sites for hydroxylation is 2. The first-order valence-corrected chi connectivity index (χ1v) is 17.2. The molecular formula is C40H42B2N4O6. The predicted molar refractivity (Wildman–Crippen MR) is 209 cm³/mol. The fourth-order valence-electron chi connectivity index (χ4n) is 7.09. The van der Waals surface area contributed by atoms with E-state index in [4.69, 9.17) is 35.2 Å². The van der Waals surface area contributed by atoms with Crippen LogP contribution in [0.1, 0.15) is 38.6 Å². The topological polar surface area (TPSA) is 155 Å². The first-order chi connectivity index (χ1) is 24.8. The number of aromatic nitrogens is 2. The van der Waals surface area contributed by atoms with Crippen LogP contribution >= 0.6 is 0 Å². The number of pyridine rings is 2. The molecule has 0 saturated carbocycles. The van der Waals surface area contributed by atoms with Crippen molar-refractivity contribution in [2.45, 2.75) is 51.7 Å². The van der Waals surface area contributed by atoms with Gasteiger partial charge in [0.25, 0.3) is 0 Å². The maximum absolute atomic E-state index is 9.78. The number of methoxy groups -OCH3 is 2. The lowest BCUT2D eigenvalue weighted by Crippen LogP contribution is -2.45. The number of hydrogen-bond acceptors (Lipinski definition) is 10. The Morgan fingerprint density at radius 2 is 1.33 bits per heavy atom. The van der Waals surface area contributed by atoms with Crippen LogP contribution in [0.15, 0.2) is 84.9 Å². The lowest BCUT2D eigenvalue weighted by molar-refractivity contribution is -0.0153. The predicted octanol–water partition coefficient (Wildman–Crippen LogP) is 5.20. The van der Waals surface area contributed by atoms with E-state index in [9.17, 15) is 10.0 Å². The molecule has 52 heavy (non-hydrogen) atoms. The van der Waals surface area contributed by atoms with Crippen LogP contribution in [-0.2, 0) is 15.7 Å². The van der Waals surface area contributed by atoms with Gasteiger partial charge >= 0.3 is 14.2 Å². The van der Waals surface area contributed by atoms with Crippen molar-refractivity contribution >= 4 is 58.3 Å². The summed E-state index contributed by atoms with van der Waals surface area (Å²) in [6.07, 6.45) is 1.22. The summed E-state index contributed by atoms with van der Waals surface area (Å²) in [6.45, 7) is 8.13. The molecule has 12 heteroatoms. The van der Waals surface area contributed by atoms with Crippen molar-refractivity contribution in [1.82, 2.24) is 9.97 Å². The van der Waals surface area contributed by atoms with Crippen molar-refractivity contribution in [1.29, 1.82) is 0 Å². The molecule has 0 spiro atoms. The number of rotatable bonds is 9. The molecule has 1 aliphatic rings. The summed E-state index contributed by atoms with van der Waals surface area (Å²) in [7, 11) is 1.06. The highest BCUT2D eigenvalue weighted by atomic mass is 16.7. The Balaban J connectivity index is 1.15. The lowest BCUT2D eigenvalue weighted by atomic mass is 9.77. The summed E-state index contributed by atoms with van der Waals surface area (Å²) < 4.78 is 24.8. The van der Waals surface area contributed by atoms with Gasteiger partial charge in [-0.3, -0.25) is 0 Å². The molecule has 6 aromatic rings. The smallest absolute Gasteiger partial charge is 0.494 e. The monoisotopic (exact) mass is 696 g/mol. The number of fused-ring (bicyclic) bond motifs is 2. The molecule has 1 fully saturated rings. The molecule has 7 rings (SSSR count). The van der Waals surface area contributed by atoms with E-state index in [1.807, 2.05) is 61.5 Å². The lowest BCUT2D eigenvalue weighted by Gasteiger charge is -2.36. The first-order valence-electron chi connectivity index (χ1n) is 17.2. The molecule has 1 aliphatic heterocycles. The molecular weight excluding hydrogens is 654 g/mol. The summed E-state index contributed by atoms with van der Waals surface area (Å²) in [5.74, 6) is 2.30. The number of nitrogens with two attached hydrogens (primary N) is 2. The van der Waals surface area contributed by atoms with Gasteiger partial charge in [0.15, 0.2) is 0 Å². The molecule has 0 amide bonds. The second kappa shape index (κ2) is 13.4. The highest BCUT2D eigenvalue weighted by Gasteiger charge is 2.54. The molecule has 0 aliphatic carbocycles. The molecule has 6 N–H and O–H groups in total. The van der Waals surface area contributed by atoms with Gasteiger partial charge in [0.2, 0.25) is 0 Å². The molecule has 264 valence electrons. The van der Waals surface area contributed by atoms with E-state index >= 15 is 0 Å². The average Bonchev–Trinajstić information content (AvgIpc) is 3.37. The zero-order chi connectivity index (χ0) is 36.9. The van der Waals surface area contributed by atoms with Crippen LogP contribution in [0.25, 0.3) is 43.8 Å². The van der Waals surface area contributed by atoms with Crippen molar-refractivity contribution in [3.05, 3.63) is 96.3 Å². The number of nitrogens with zero attached hydrogens (tertiary/aromatic N) is 2. The van der Waals surface area contributed by atoms with Crippen LogP contribution in [0, 0.1) is 6.92 Å². The van der Waals surface area contributed by atoms with Gasteiger partial charge in [-0.15, -0.1) is 0 Å². The van der Waals surface area contributed by atoms with E-state index in [0.717, 1.165) is 66.4 Å². The first kappa shape index (κ1) is 35.3. The van der Waals surface area contributed by atoms with E-state index in [1.165, 1.54) is 0 Å².